The Hall–Kier alpha value is -1.26. The summed E-state index contributed by atoms with van der Waals surface area (Å²) in [7, 11) is 1.33. The van der Waals surface area contributed by atoms with E-state index in [2.05, 4.69) is 5.16 Å². The molecule has 1 aromatic carbocycles. The van der Waals surface area contributed by atoms with Crippen molar-refractivity contribution in [3.63, 3.8) is 0 Å². The molecule has 0 spiro atoms. The molecular formula is C13H13Cl2NO3. The van der Waals surface area contributed by atoms with Crippen LogP contribution in [-0.4, -0.2) is 24.9 Å². The molecule has 0 fully saturated rings. The molecule has 1 heterocycles. The van der Waals surface area contributed by atoms with E-state index in [1.807, 2.05) is 6.92 Å². The van der Waals surface area contributed by atoms with Crippen molar-refractivity contribution in [1.82, 2.24) is 0 Å². The molecular weight excluding hydrogens is 289 g/mol. The predicted molar refractivity (Wildman–Crippen MR) is 73.7 cm³/mol. The Morgan fingerprint density at radius 2 is 2.00 bits per heavy atom. The standard InChI is InChI=1S/C13H13Cl2NO3/c1-3-10-11(16-19-12(10)13(17)18-2)7-4-8(14)6-9(15)5-7/h4-6,10,12H,3H2,1-2H3. The number of methoxy groups -OCH3 is 1. The number of carbonyl (C=O) groups is 1. The fraction of sp³-hybridized carbons (Fsp3) is 0.385. The Balaban J connectivity index is 2.32. The first-order valence-corrected chi connectivity index (χ1v) is 6.60. The first-order valence-electron chi connectivity index (χ1n) is 5.84. The SMILES string of the molecule is CCC1C(c2cc(Cl)cc(Cl)c2)=NOC1C(=O)OC. The maximum absolute atomic E-state index is 11.6. The van der Waals surface area contributed by atoms with Crippen LogP contribution >= 0.6 is 23.2 Å². The summed E-state index contributed by atoms with van der Waals surface area (Å²) in [6.07, 6.45) is -0.00863. The maximum Gasteiger partial charge on any atom is 0.350 e. The molecule has 0 aliphatic carbocycles. The number of carbonyl (C=O) groups excluding carboxylic acids is 1. The monoisotopic (exact) mass is 301 g/mol. The Bertz CT molecular complexity index is 510. The zero-order valence-corrected chi connectivity index (χ0v) is 12.0. The summed E-state index contributed by atoms with van der Waals surface area (Å²) in [5, 5.41) is 5.02. The number of hydrogen-bond acceptors (Lipinski definition) is 4. The lowest BCUT2D eigenvalue weighted by molar-refractivity contribution is -0.154. The molecule has 6 heteroatoms. The minimum atomic E-state index is -0.706. The van der Waals surface area contributed by atoms with Crippen molar-refractivity contribution in [2.24, 2.45) is 11.1 Å². The van der Waals surface area contributed by atoms with Crippen molar-refractivity contribution in [3.05, 3.63) is 33.8 Å². The molecule has 0 N–H and O–H groups in total. The van der Waals surface area contributed by atoms with E-state index < -0.39 is 12.1 Å². The fourth-order valence-corrected chi connectivity index (χ4v) is 2.62. The van der Waals surface area contributed by atoms with Gasteiger partial charge < -0.3 is 9.57 Å². The van der Waals surface area contributed by atoms with Crippen LogP contribution in [0.1, 0.15) is 18.9 Å². The number of ether oxygens (including phenoxy) is 1. The highest BCUT2D eigenvalue weighted by molar-refractivity contribution is 6.35. The Labute approximate surface area is 121 Å². The minimum absolute atomic E-state index is 0.165. The van der Waals surface area contributed by atoms with E-state index in [-0.39, 0.29) is 5.92 Å². The quantitative estimate of drug-likeness (QED) is 0.805. The van der Waals surface area contributed by atoms with E-state index in [0.717, 1.165) is 5.56 Å². The normalized spacial score (nSPS) is 21.8. The molecule has 2 unspecified atom stereocenters. The molecule has 1 aromatic rings. The molecule has 1 aliphatic rings. The van der Waals surface area contributed by atoms with Crippen molar-refractivity contribution >= 4 is 34.9 Å². The minimum Gasteiger partial charge on any atom is -0.466 e. The molecule has 2 atom stereocenters. The van der Waals surface area contributed by atoms with Crippen LogP contribution < -0.4 is 0 Å². The van der Waals surface area contributed by atoms with Crippen molar-refractivity contribution in [3.8, 4) is 0 Å². The number of esters is 1. The third-order valence-corrected chi connectivity index (χ3v) is 3.45. The van der Waals surface area contributed by atoms with Gasteiger partial charge in [-0.05, 0) is 24.6 Å². The van der Waals surface area contributed by atoms with Gasteiger partial charge in [0.25, 0.3) is 0 Å². The van der Waals surface area contributed by atoms with E-state index in [9.17, 15) is 4.79 Å². The van der Waals surface area contributed by atoms with E-state index >= 15 is 0 Å². The highest BCUT2D eigenvalue weighted by Gasteiger charge is 2.39. The molecule has 0 saturated carbocycles. The second-order valence-electron chi connectivity index (χ2n) is 4.20. The van der Waals surface area contributed by atoms with Crippen LogP contribution in [0.4, 0.5) is 0 Å². The molecule has 0 bridgehead atoms. The molecule has 0 saturated heterocycles. The van der Waals surface area contributed by atoms with Gasteiger partial charge >= 0.3 is 5.97 Å². The highest BCUT2D eigenvalue weighted by Crippen LogP contribution is 2.29. The summed E-state index contributed by atoms with van der Waals surface area (Å²) >= 11 is 11.9. The Kier molecular flexibility index (Phi) is 4.32. The van der Waals surface area contributed by atoms with Gasteiger partial charge in [-0.2, -0.15) is 0 Å². The van der Waals surface area contributed by atoms with Crippen LogP contribution in [0.25, 0.3) is 0 Å². The third kappa shape index (κ3) is 2.85. The van der Waals surface area contributed by atoms with Crippen LogP contribution in [0.5, 0.6) is 0 Å². The lowest BCUT2D eigenvalue weighted by Crippen LogP contribution is -2.32. The second kappa shape index (κ2) is 5.80. The summed E-state index contributed by atoms with van der Waals surface area (Å²) in [4.78, 5) is 16.8. The van der Waals surface area contributed by atoms with E-state index in [4.69, 9.17) is 32.8 Å². The summed E-state index contributed by atoms with van der Waals surface area (Å²) in [6, 6.07) is 5.14. The average molecular weight is 302 g/mol. The van der Waals surface area contributed by atoms with E-state index in [1.54, 1.807) is 18.2 Å². The lowest BCUT2D eigenvalue weighted by Gasteiger charge is -2.15. The molecule has 4 nitrogen and oxygen atoms in total. The van der Waals surface area contributed by atoms with Gasteiger partial charge in [-0.3, -0.25) is 0 Å². The van der Waals surface area contributed by atoms with Crippen molar-refractivity contribution in [2.75, 3.05) is 7.11 Å². The van der Waals surface area contributed by atoms with Crippen molar-refractivity contribution < 1.29 is 14.4 Å². The first kappa shape index (κ1) is 14.2. The zero-order chi connectivity index (χ0) is 14.0. The van der Waals surface area contributed by atoms with Gasteiger partial charge in [0.15, 0.2) is 0 Å². The number of rotatable bonds is 3. The molecule has 0 radical (unpaired) electrons. The number of benzene rings is 1. The van der Waals surface area contributed by atoms with Gasteiger partial charge in [-0.1, -0.05) is 35.3 Å². The van der Waals surface area contributed by atoms with Crippen molar-refractivity contribution in [2.45, 2.75) is 19.4 Å². The zero-order valence-electron chi connectivity index (χ0n) is 10.5. The van der Waals surface area contributed by atoms with Gasteiger partial charge in [0.05, 0.1) is 18.7 Å². The summed E-state index contributed by atoms with van der Waals surface area (Å²) in [5.74, 6) is -0.597. The topological polar surface area (TPSA) is 47.9 Å². The van der Waals surface area contributed by atoms with Gasteiger partial charge in [0.2, 0.25) is 6.10 Å². The fourth-order valence-electron chi connectivity index (χ4n) is 2.10. The molecule has 1 aliphatic heterocycles. The number of hydrogen-bond donors (Lipinski definition) is 0. The second-order valence-corrected chi connectivity index (χ2v) is 5.07. The number of nitrogens with zero attached hydrogens (tertiary/aromatic N) is 1. The third-order valence-electron chi connectivity index (χ3n) is 3.01. The largest absolute Gasteiger partial charge is 0.466 e. The van der Waals surface area contributed by atoms with Gasteiger partial charge in [-0.25, -0.2) is 4.79 Å². The number of oxime groups is 1. The van der Waals surface area contributed by atoms with Crippen LogP contribution in [0.15, 0.2) is 23.4 Å². The van der Waals surface area contributed by atoms with Gasteiger partial charge in [-0.15, -0.1) is 0 Å². The number of halogens is 2. The summed E-state index contributed by atoms with van der Waals surface area (Å²) in [5.41, 5.74) is 1.43. The Morgan fingerprint density at radius 3 is 2.53 bits per heavy atom. The van der Waals surface area contributed by atoms with E-state index in [0.29, 0.717) is 22.2 Å². The summed E-state index contributed by atoms with van der Waals surface area (Å²) < 4.78 is 4.71. The van der Waals surface area contributed by atoms with Gasteiger partial charge in [0.1, 0.15) is 0 Å². The molecule has 2 rings (SSSR count). The van der Waals surface area contributed by atoms with E-state index in [1.165, 1.54) is 7.11 Å². The molecule has 0 aromatic heterocycles. The van der Waals surface area contributed by atoms with Crippen molar-refractivity contribution in [1.29, 1.82) is 0 Å². The first-order chi connectivity index (χ1) is 9.06. The highest BCUT2D eigenvalue weighted by atomic mass is 35.5. The molecule has 102 valence electrons. The average Bonchev–Trinajstić information content (AvgIpc) is 2.80. The smallest absolute Gasteiger partial charge is 0.350 e. The van der Waals surface area contributed by atoms with Crippen LogP contribution in [0.2, 0.25) is 10.0 Å². The Morgan fingerprint density at radius 1 is 1.37 bits per heavy atom. The predicted octanol–water partition coefficient (Wildman–Crippen LogP) is 3.30. The van der Waals surface area contributed by atoms with Crippen LogP contribution in [-0.2, 0) is 14.4 Å². The molecule has 0 amide bonds. The molecule has 19 heavy (non-hydrogen) atoms. The lowest BCUT2D eigenvalue weighted by atomic mass is 9.90. The van der Waals surface area contributed by atoms with Crippen LogP contribution in [0.3, 0.4) is 0 Å². The van der Waals surface area contributed by atoms with Gasteiger partial charge in [0, 0.05) is 15.6 Å². The maximum atomic E-state index is 11.6. The summed E-state index contributed by atoms with van der Waals surface area (Å²) in [6.45, 7) is 1.96. The van der Waals surface area contributed by atoms with Crippen LogP contribution in [0, 0.1) is 5.92 Å².